The van der Waals surface area contributed by atoms with E-state index in [0.29, 0.717) is 11.6 Å². The molecule has 0 fully saturated rings. The minimum Gasteiger partial charge on any atom is -0.335 e. The van der Waals surface area contributed by atoms with Gasteiger partial charge in [0.05, 0.1) is 11.7 Å². The third kappa shape index (κ3) is 2.70. The van der Waals surface area contributed by atoms with Crippen LogP contribution in [0.5, 0.6) is 0 Å². The van der Waals surface area contributed by atoms with Crippen LogP contribution in [-0.2, 0) is 6.54 Å². The number of pyridine rings is 1. The summed E-state index contributed by atoms with van der Waals surface area (Å²) in [6.07, 6.45) is 1.63. The van der Waals surface area contributed by atoms with E-state index in [2.05, 4.69) is 9.55 Å². The molecule has 2 aromatic carbocycles. The number of hydrogen-bond donors (Lipinski definition) is 1. The van der Waals surface area contributed by atoms with Crippen LogP contribution >= 0.6 is 0 Å². The molecule has 2 heterocycles. The molecular weight excluding hydrogens is 333 g/mol. The smallest absolute Gasteiger partial charge is 0.295 e. The van der Waals surface area contributed by atoms with Crippen LogP contribution in [0, 0.1) is 5.82 Å². The molecule has 0 atom stereocenters. The number of halogens is 1. The zero-order valence-electron chi connectivity index (χ0n) is 14.1. The average molecular weight is 349 g/mol. The Balaban J connectivity index is 1.91. The Morgan fingerprint density at radius 1 is 1.12 bits per heavy atom. The van der Waals surface area contributed by atoms with Crippen LogP contribution in [0.15, 0.2) is 60.8 Å². The summed E-state index contributed by atoms with van der Waals surface area (Å²) in [7, 11) is 1.27. The number of benzene rings is 2. The summed E-state index contributed by atoms with van der Waals surface area (Å²) in [5.41, 5.74) is 3.00. The van der Waals surface area contributed by atoms with Crippen molar-refractivity contribution in [3.63, 3.8) is 0 Å². The Labute approximate surface area is 148 Å². The van der Waals surface area contributed by atoms with Crippen molar-refractivity contribution < 1.29 is 14.4 Å². The Kier molecular flexibility index (Phi) is 3.89. The van der Waals surface area contributed by atoms with Gasteiger partial charge in [-0.25, -0.2) is 14.4 Å². The van der Waals surface area contributed by atoms with Crippen molar-refractivity contribution in [1.29, 1.82) is 0 Å². The van der Waals surface area contributed by atoms with Crippen molar-refractivity contribution in [2.24, 2.45) is 0 Å². The molecule has 0 unspecified atom stereocenters. The van der Waals surface area contributed by atoms with Crippen LogP contribution in [0.25, 0.3) is 21.8 Å². The number of aromatic nitrogens is 2. The van der Waals surface area contributed by atoms with E-state index in [-0.39, 0.29) is 11.5 Å². The molecule has 4 aromatic rings. The predicted octanol–water partition coefficient (Wildman–Crippen LogP) is 3.84. The fourth-order valence-electron chi connectivity index (χ4n) is 3.17. The summed E-state index contributed by atoms with van der Waals surface area (Å²) in [4.78, 5) is 16.2. The molecule has 26 heavy (non-hydrogen) atoms. The second-order valence-corrected chi connectivity index (χ2v) is 6.15. The summed E-state index contributed by atoms with van der Waals surface area (Å²) in [6.45, 7) is 0.555. The SMILES string of the molecule is CN(O)C(=O)c1cc2c3ccccc3n(Cc3ccc(F)cc3)c2cn1. The molecule has 2 aromatic heterocycles. The van der Waals surface area contributed by atoms with Gasteiger partial charge in [-0.2, -0.15) is 0 Å². The number of fused-ring (bicyclic) bond motifs is 3. The minimum atomic E-state index is -0.567. The lowest BCUT2D eigenvalue weighted by molar-refractivity contribution is -0.0379. The van der Waals surface area contributed by atoms with Crippen molar-refractivity contribution in [3.8, 4) is 0 Å². The summed E-state index contributed by atoms with van der Waals surface area (Å²) in [6, 6.07) is 15.9. The molecule has 0 spiro atoms. The van der Waals surface area contributed by atoms with Gasteiger partial charge in [-0.1, -0.05) is 30.3 Å². The van der Waals surface area contributed by atoms with E-state index in [4.69, 9.17) is 0 Å². The molecule has 0 saturated heterocycles. The number of carbonyl (C=O) groups excluding carboxylic acids is 1. The van der Waals surface area contributed by atoms with E-state index in [0.717, 1.165) is 27.4 Å². The maximum Gasteiger partial charge on any atom is 0.295 e. The van der Waals surface area contributed by atoms with Gasteiger partial charge in [0.1, 0.15) is 11.5 Å². The van der Waals surface area contributed by atoms with E-state index in [1.165, 1.54) is 19.2 Å². The molecule has 0 aliphatic heterocycles. The fraction of sp³-hybridized carbons (Fsp3) is 0.100. The van der Waals surface area contributed by atoms with Crippen LogP contribution in [0.2, 0.25) is 0 Å². The molecule has 4 rings (SSSR count). The van der Waals surface area contributed by atoms with E-state index >= 15 is 0 Å². The first-order valence-corrected chi connectivity index (χ1v) is 8.13. The number of para-hydroxylation sites is 1. The first-order valence-electron chi connectivity index (χ1n) is 8.13. The highest BCUT2D eigenvalue weighted by molar-refractivity contribution is 6.09. The van der Waals surface area contributed by atoms with Gasteiger partial charge in [0.2, 0.25) is 0 Å². The molecular formula is C20H16FN3O2. The van der Waals surface area contributed by atoms with Crippen molar-refractivity contribution in [1.82, 2.24) is 14.6 Å². The highest BCUT2D eigenvalue weighted by atomic mass is 19.1. The van der Waals surface area contributed by atoms with E-state index in [1.54, 1.807) is 24.4 Å². The average Bonchev–Trinajstić information content (AvgIpc) is 2.96. The summed E-state index contributed by atoms with van der Waals surface area (Å²) in [5, 5.41) is 11.8. The van der Waals surface area contributed by atoms with Gasteiger partial charge >= 0.3 is 0 Å². The minimum absolute atomic E-state index is 0.173. The third-order valence-corrected chi connectivity index (χ3v) is 4.43. The number of nitrogens with zero attached hydrogens (tertiary/aromatic N) is 3. The molecule has 130 valence electrons. The van der Waals surface area contributed by atoms with Crippen molar-refractivity contribution in [2.45, 2.75) is 6.54 Å². The van der Waals surface area contributed by atoms with Gasteiger partial charge in [0.25, 0.3) is 5.91 Å². The molecule has 0 saturated carbocycles. The standard InChI is InChI=1S/C20H16FN3O2/c1-23(26)20(25)17-10-16-15-4-2-3-5-18(15)24(19(16)11-22-17)12-13-6-8-14(21)9-7-13/h2-11,26H,12H2,1H3. The highest BCUT2D eigenvalue weighted by Gasteiger charge is 2.16. The van der Waals surface area contributed by atoms with Crippen molar-refractivity contribution in [2.75, 3.05) is 7.05 Å². The molecule has 0 aliphatic carbocycles. The van der Waals surface area contributed by atoms with E-state index in [9.17, 15) is 14.4 Å². The maximum absolute atomic E-state index is 13.2. The fourth-order valence-corrected chi connectivity index (χ4v) is 3.17. The second kappa shape index (κ2) is 6.24. The zero-order valence-corrected chi connectivity index (χ0v) is 14.1. The number of rotatable bonds is 3. The lowest BCUT2D eigenvalue weighted by Gasteiger charge is -2.09. The lowest BCUT2D eigenvalue weighted by Crippen LogP contribution is -2.23. The first kappa shape index (κ1) is 16.2. The van der Waals surface area contributed by atoms with E-state index < -0.39 is 5.91 Å². The summed E-state index contributed by atoms with van der Waals surface area (Å²) >= 11 is 0. The lowest BCUT2D eigenvalue weighted by atomic mass is 10.1. The van der Waals surface area contributed by atoms with Gasteiger partial charge in [-0.15, -0.1) is 0 Å². The molecule has 1 amide bonds. The third-order valence-electron chi connectivity index (χ3n) is 4.43. The number of amides is 1. The van der Waals surface area contributed by atoms with Crippen LogP contribution in [-0.4, -0.2) is 32.8 Å². The van der Waals surface area contributed by atoms with Crippen molar-refractivity contribution >= 4 is 27.7 Å². The predicted molar refractivity (Wildman–Crippen MR) is 96.6 cm³/mol. The molecule has 0 radical (unpaired) electrons. The number of carbonyl (C=O) groups is 1. The van der Waals surface area contributed by atoms with Gasteiger partial charge in [-0.05, 0) is 29.8 Å². The Bertz CT molecular complexity index is 1120. The van der Waals surface area contributed by atoms with Crippen LogP contribution in [0.4, 0.5) is 4.39 Å². The van der Waals surface area contributed by atoms with Gasteiger partial charge in [0, 0.05) is 29.9 Å². The maximum atomic E-state index is 13.2. The van der Waals surface area contributed by atoms with Crippen molar-refractivity contribution in [3.05, 3.63) is 77.9 Å². The zero-order chi connectivity index (χ0) is 18.3. The van der Waals surface area contributed by atoms with Gasteiger partial charge in [0.15, 0.2) is 0 Å². The summed E-state index contributed by atoms with van der Waals surface area (Å²) < 4.78 is 15.3. The number of hydrogen-bond acceptors (Lipinski definition) is 3. The molecule has 1 N–H and O–H groups in total. The largest absolute Gasteiger partial charge is 0.335 e. The Morgan fingerprint density at radius 3 is 2.58 bits per heavy atom. The Morgan fingerprint density at radius 2 is 1.85 bits per heavy atom. The summed E-state index contributed by atoms with van der Waals surface area (Å²) in [5.74, 6) is -0.837. The van der Waals surface area contributed by atoms with Crippen LogP contribution < -0.4 is 0 Å². The Hall–Kier alpha value is -3.25. The molecule has 0 aliphatic rings. The quantitative estimate of drug-likeness (QED) is 0.452. The highest BCUT2D eigenvalue weighted by Crippen LogP contribution is 2.30. The normalized spacial score (nSPS) is 11.2. The van der Waals surface area contributed by atoms with Crippen LogP contribution in [0.3, 0.4) is 0 Å². The topological polar surface area (TPSA) is 58.4 Å². The molecule has 0 bridgehead atoms. The van der Waals surface area contributed by atoms with E-state index in [1.807, 2.05) is 24.3 Å². The molecule has 5 nitrogen and oxygen atoms in total. The van der Waals surface area contributed by atoms with Gasteiger partial charge < -0.3 is 4.57 Å². The number of hydroxylamine groups is 2. The van der Waals surface area contributed by atoms with Crippen LogP contribution in [0.1, 0.15) is 16.1 Å². The first-order chi connectivity index (χ1) is 12.5. The van der Waals surface area contributed by atoms with Gasteiger partial charge in [-0.3, -0.25) is 10.0 Å². The molecule has 6 heteroatoms. The monoisotopic (exact) mass is 349 g/mol. The second-order valence-electron chi connectivity index (χ2n) is 6.15.